The van der Waals surface area contributed by atoms with Gasteiger partial charge in [0.15, 0.2) is 0 Å². The van der Waals surface area contributed by atoms with Crippen molar-refractivity contribution in [1.82, 2.24) is 19.9 Å². The van der Waals surface area contributed by atoms with Crippen LogP contribution < -0.4 is 0 Å². The molecule has 0 N–H and O–H groups in total. The minimum absolute atomic E-state index is 0. The van der Waals surface area contributed by atoms with Crippen molar-refractivity contribution in [3.05, 3.63) is 85.7 Å². The van der Waals surface area contributed by atoms with Crippen LogP contribution >= 0.6 is 0 Å². The maximum atomic E-state index is 4.51. The summed E-state index contributed by atoms with van der Waals surface area (Å²) in [5, 5.41) is 0. The Morgan fingerprint density at radius 1 is 0.800 bits per heavy atom. The summed E-state index contributed by atoms with van der Waals surface area (Å²) in [6, 6.07) is 16.7. The van der Waals surface area contributed by atoms with Gasteiger partial charge in [0.25, 0.3) is 0 Å². The van der Waals surface area contributed by atoms with E-state index in [1.165, 1.54) is 0 Å². The van der Waals surface area contributed by atoms with Gasteiger partial charge in [0, 0.05) is 62.7 Å². The summed E-state index contributed by atoms with van der Waals surface area (Å²) in [6.07, 6.45) is 11.9. The monoisotopic (exact) mass is 397 g/mol. The van der Waals surface area contributed by atoms with Crippen LogP contribution in [0.3, 0.4) is 0 Å². The molecule has 0 spiro atoms. The van der Waals surface area contributed by atoms with Gasteiger partial charge in [0.1, 0.15) is 0 Å². The molecule has 4 heterocycles. The SMILES string of the molecule is [Y].[c-]1cc(-c2ccccn2)ncc1-c1[c-]nccc1-c1ccncc1. The minimum Gasteiger partial charge on any atom is -0.371 e. The standard InChI is InChI=1S/C20H12N4.Y/c1-2-9-23-19(3-1)20-5-4-16(13-24-20)18-14-22-12-8-17(18)15-6-10-21-11-7-15;/h1-3,5-13H;/q-2;. The van der Waals surface area contributed by atoms with E-state index in [2.05, 4.69) is 32.2 Å². The third-order valence-electron chi connectivity index (χ3n) is 3.65. The van der Waals surface area contributed by atoms with Crippen molar-refractivity contribution in [3.63, 3.8) is 0 Å². The zero-order chi connectivity index (χ0) is 16.2. The molecule has 0 atom stereocenters. The van der Waals surface area contributed by atoms with Gasteiger partial charge in [-0.25, -0.2) is 5.56 Å². The molecule has 4 nitrogen and oxygen atoms in total. The van der Waals surface area contributed by atoms with Crippen molar-refractivity contribution in [2.75, 3.05) is 0 Å². The second kappa shape index (κ2) is 8.19. The van der Waals surface area contributed by atoms with Crippen molar-refractivity contribution in [2.24, 2.45) is 0 Å². The largest absolute Gasteiger partial charge is 0.371 e. The maximum absolute atomic E-state index is 4.51. The quantitative estimate of drug-likeness (QED) is 0.493. The van der Waals surface area contributed by atoms with Gasteiger partial charge in [-0.15, -0.1) is 17.7 Å². The van der Waals surface area contributed by atoms with Crippen molar-refractivity contribution >= 4 is 0 Å². The van der Waals surface area contributed by atoms with Gasteiger partial charge in [0.05, 0.1) is 0 Å². The van der Waals surface area contributed by atoms with E-state index in [0.717, 1.165) is 33.6 Å². The normalized spacial score (nSPS) is 10.1. The fourth-order valence-corrected chi connectivity index (χ4v) is 2.48. The first-order valence-corrected chi connectivity index (χ1v) is 7.48. The predicted molar refractivity (Wildman–Crippen MR) is 91.6 cm³/mol. The molecule has 25 heavy (non-hydrogen) atoms. The van der Waals surface area contributed by atoms with Crippen molar-refractivity contribution in [2.45, 2.75) is 0 Å². The molecule has 0 aliphatic rings. The van der Waals surface area contributed by atoms with E-state index >= 15 is 0 Å². The van der Waals surface area contributed by atoms with Crippen LogP contribution in [0.2, 0.25) is 0 Å². The maximum Gasteiger partial charge on any atom is 0.0465 e. The number of hydrogen-bond acceptors (Lipinski definition) is 4. The molecule has 0 aliphatic carbocycles. The molecule has 5 heteroatoms. The number of hydrogen-bond donors (Lipinski definition) is 0. The second-order valence-electron chi connectivity index (χ2n) is 5.14. The van der Waals surface area contributed by atoms with E-state index in [4.69, 9.17) is 0 Å². The van der Waals surface area contributed by atoms with E-state index in [9.17, 15) is 0 Å². The minimum atomic E-state index is 0. The number of rotatable bonds is 3. The Labute approximate surface area is 171 Å². The smallest absolute Gasteiger partial charge is 0.0465 e. The van der Waals surface area contributed by atoms with E-state index in [-0.39, 0.29) is 32.7 Å². The van der Waals surface area contributed by atoms with Gasteiger partial charge in [-0.1, -0.05) is 30.2 Å². The zero-order valence-electron chi connectivity index (χ0n) is 13.3. The second-order valence-corrected chi connectivity index (χ2v) is 5.14. The van der Waals surface area contributed by atoms with Gasteiger partial charge in [-0.2, -0.15) is 11.6 Å². The van der Waals surface area contributed by atoms with Gasteiger partial charge in [0.2, 0.25) is 0 Å². The van der Waals surface area contributed by atoms with Crippen LogP contribution in [0.4, 0.5) is 0 Å². The molecule has 0 amide bonds. The number of nitrogens with zero attached hydrogens (tertiary/aromatic N) is 4. The molecule has 0 fully saturated rings. The molecule has 0 unspecified atom stereocenters. The molecule has 4 aromatic rings. The summed E-state index contributed by atoms with van der Waals surface area (Å²) in [5.74, 6) is 0. The molecule has 0 bridgehead atoms. The van der Waals surface area contributed by atoms with Crippen LogP contribution in [-0.4, -0.2) is 19.9 Å². The van der Waals surface area contributed by atoms with Crippen molar-refractivity contribution in [1.29, 1.82) is 0 Å². The topological polar surface area (TPSA) is 51.6 Å². The zero-order valence-corrected chi connectivity index (χ0v) is 16.1. The van der Waals surface area contributed by atoms with E-state index in [0.29, 0.717) is 0 Å². The summed E-state index contributed by atoms with van der Waals surface area (Å²) in [4.78, 5) is 17.0. The molecule has 0 saturated carbocycles. The summed E-state index contributed by atoms with van der Waals surface area (Å²) in [5.41, 5.74) is 5.40. The Morgan fingerprint density at radius 3 is 2.40 bits per heavy atom. The van der Waals surface area contributed by atoms with Crippen molar-refractivity contribution in [3.8, 4) is 33.6 Å². The molecule has 0 aromatic carbocycles. The summed E-state index contributed by atoms with van der Waals surface area (Å²) in [6.45, 7) is 0. The van der Waals surface area contributed by atoms with E-state index in [1.54, 1.807) is 31.0 Å². The molecule has 1 radical (unpaired) electrons. The molecule has 4 aromatic heterocycles. The Bertz CT molecular complexity index is 942. The van der Waals surface area contributed by atoms with Crippen LogP contribution in [0.5, 0.6) is 0 Å². The van der Waals surface area contributed by atoms with Crippen LogP contribution in [0.15, 0.2) is 73.4 Å². The first-order valence-electron chi connectivity index (χ1n) is 7.48. The van der Waals surface area contributed by atoms with E-state index in [1.807, 2.05) is 42.5 Å². The predicted octanol–water partition coefficient (Wildman–Crippen LogP) is 3.87. The molecule has 4 rings (SSSR count). The van der Waals surface area contributed by atoms with E-state index < -0.39 is 0 Å². The Morgan fingerprint density at radius 2 is 1.68 bits per heavy atom. The summed E-state index contributed by atoms with van der Waals surface area (Å²) in [7, 11) is 0. The first kappa shape index (κ1) is 17.5. The molecular weight excluding hydrogens is 385 g/mol. The molecule has 0 saturated heterocycles. The molecule has 0 aliphatic heterocycles. The summed E-state index contributed by atoms with van der Waals surface area (Å²) < 4.78 is 0. The third kappa shape index (κ3) is 3.86. The average Bonchev–Trinajstić information content (AvgIpc) is 2.69. The van der Waals surface area contributed by atoms with Crippen LogP contribution in [0, 0.1) is 12.3 Å². The number of aromatic nitrogens is 4. The average molecular weight is 397 g/mol. The van der Waals surface area contributed by atoms with Crippen LogP contribution in [-0.2, 0) is 32.7 Å². The van der Waals surface area contributed by atoms with Gasteiger partial charge in [-0.3, -0.25) is 9.97 Å². The molecule has 117 valence electrons. The van der Waals surface area contributed by atoms with Gasteiger partial charge < -0.3 is 9.97 Å². The van der Waals surface area contributed by atoms with Crippen LogP contribution in [0.1, 0.15) is 0 Å². The van der Waals surface area contributed by atoms with Gasteiger partial charge in [-0.05, 0) is 24.3 Å². The first-order chi connectivity index (χ1) is 11.9. The Kier molecular flexibility index (Phi) is 5.74. The fourth-order valence-electron chi connectivity index (χ4n) is 2.48. The Hall–Kier alpha value is -2.30. The fraction of sp³-hybridized carbons (Fsp3) is 0. The molecular formula is C20H12N4Y-2. The third-order valence-corrected chi connectivity index (χ3v) is 3.65. The Balaban J connectivity index is 0.00000182. The van der Waals surface area contributed by atoms with Crippen molar-refractivity contribution < 1.29 is 32.7 Å². The van der Waals surface area contributed by atoms with Crippen LogP contribution in [0.25, 0.3) is 33.6 Å². The van der Waals surface area contributed by atoms with Gasteiger partial charge >= 0.3 is 0 Å². The number of pyridine rings is 4. The summed E-state index contributed by atoms with van der Waals surface area (Å²) >= 11 is 0.